The molecule has 92 valence electrons. The summed E-state index contributed by atoms with van der Waals surface area (Å²) in [6, 6.07) is 9.76. The van der Waals surface area contributed by atoms with Gasteiger partial charge in [-0.05, 0) is 24.0 Å². The van der Waals surface area contributed by atoms with Crippen LogP contribution in [-0.2, 0) is 9.47 Å². The van der Waals surface area contributed by atoms with Crippen LogP contribution in [0.25, 0.3) is 0 Å². The van der Waals surface area contributed by atoms with Crippen LogP contribution in [0.2, 0.25) is 0 Å². The molecule has 3 heteroatoms. The van der Waals surface area contributed by atoms with Crippen molar-refractivity contribution in [1.82, 2.24) is 0 Å². The van der Waals surface area contributed by atoms with Gasteiger partial charge in [-0.3, -0.25) is 0 Å². The molecule has 1 aromatic carbocycles. The fraction of sp³-hybridized carbons (Fsp3) is 0.429. The topological polar surface area (TPSA) is 38.7 Å². The van der Waals surface area contributed by atoms with Crippen LogP contribution < -0.4 is 0 Å². The largest absolute Gasteiger partial charge is 0.501 e. The van der Waals surface area contributed by atoms with Crippen molar-refractivity contribution >= 4 is 0 Å². The Bertz CT molecular complexity index is 372. The molecule has 0 fully saturated rings. The molecule has 1 aliphatic heterocycles. The van der Waals surface area contributed by atoms with Crippen molar-refractivity contribution in [2.45, 2.75) is 25.0 Å². The standard InChI is InChI=1S/C14H18O3/c1-16-14(11-6-3-2-4-7-11)13(15)12-8-5-9-17-10-12/h2-4,6-7,10,13-15H,5,8-9H2,1H3. The Kier molecular flexibility index (Phi) is 4.18. The Morgan fingerprint density at radius 1 is 1.29 bits per heavy atom. The predicted octanol–water partition coefficient (Wildman–Crippen LogP) is 2.43. The van der Waals surface area contributed by atoms with Crippen molar-refractivity contribution in [3.8, 4) is 0 Å². The van der Waals surface area contributed by atoms with Crippen LogP contribution in [-0.4, -0.2) is 24.9 Å². The molecule has 0 saturated heterocycles. The van der Waals surface area contributed by atoms with Crippen LogP contribution in [0.4, 0.5) is 0 Å². The van der Waals surface area contributed by atoms with Crippen LogP contribution in [0, 0.1) is 0 Å². The number of rotatable bonds is 4. The van der Waals surface area contributed by atoms with Gasteiger partial charge in [0.15, 0.2) is 0 Å². The average molecular weight is 234 g/mol. The summed E-state index contributed by atoms with van der Waals surface area (Å²) in [6.07, 6.45) is 2.53. The van der Waals surface area contributed by atoms with Crippen LogP contribution >= 0.6 is 0 Å². The molecule has 0 aromatic heterocycles. The van der Waals surface area contributed by atoms with Crippen molar-refractivity contribution in [3.63, 3.8) is 0 Å². The molecule has 0 spiro atoms. The van der Waals surface area contributed by atoms with Gasteiger partial charge in [0.05, 0.1) is 12.9 Å². The van der Waals surface area contributed by atoms with Gasteiger partial charge in [0, 0.05) is 7.11 Å². The molecule has 3 nitrogen and oxygen atoms in total. The lowest BCUT2D eigenvalue weighted by atomic mass is 9.95. The van der Waals surface area contributed by atoms with Crippen molar-refractivity contribution < 1.29 is 14.6 Å². The van der Waals surface area contributed by atoms with E-state index in [1.54, 1.807) is 13.4 Å². The number of hydrogen-bond acceptors (Lipinski definition) is 3. The molecule has 2 atom stereocenters. The van der Waals surface area contributed by atoms with Gasteiger partial charge in [0.25, 0.3) is 0 Å². The number of aliphatic hydroxyl groups excluding tert-OH is 1. The molecule has 0 amide bonds. The predicted molar refractivity (Wildman–Crippen MR) is 65.5 cm³/mol. The second-order valence-electron chi connectivity index (χ2n) is 4.18. The van der Waals surface area contributed by atoms with Gasteiger partial charge >= 0.3 is 0 Å². The highest BCUT2D eigenvalue weighted by molar-refractivity contribution is 5.23. The Hall–Kier alpha value is -1.32. The molecule has 1 heterocycles. The number of aliphatic hydroxyl groups is 1. The van der Waals surface area contributed by atoms with Gasteiger partial charge in [0.2, 0.25) is 0 Å². The van der Waals surface area contributed by atoms with Gasteiger partial charge in [0.1, 0.15) is 12.2 Å². The maximum Gasteiger partial charge on any atom is 0.112 e. The van der Waals surface area contributed by atoms with Gasteiger partial charge in [-0.2, -0.15) is 0 Å². The van der Waals surface area contributed by atoms with E-state index in [0.717, 1.165) is 30.6 Å². The molecule has 0 radical (unpaired) electrons. The molecule has 17 heavy (non-hydrogen) atoms. The van der Waals surface area contributed by atoms with Crippen LogP contribution in [0.15, 0.2) is 42.2 Å². The van der Waals surface area contributed by atoms with Gasteiger partial charge in [-0.25, -0.2) is 0 Å². The summed E-state index contributed by atoms with van der Waals surface area (Å²) in [5.74, 6) is 0. The lowest BCUT2D eigenvalue weighted by Gasteiger charge is -2.26. The van der Waals surface area contributed by atoms with Crippen LogP contribution in [0.1, 0.15) is 24.5 Å². The van der Waals surface area contributed by atoms with E-state index >= 15 is 0 Å². The van der Waals surface area contributed by atoms with Gasteiger partial charge in [-0.15, -0.1) is 0 Å². The zero-order valence-electron chi connectivity index (χ0n) is 10.0. The van der Waals surface area contributed by atoms with Crippen LogP contribution in [0.5, 0.6) is 0 Å². The molecule has 1 N–H and O–H groups in total. The van der Waals surface area contributed by atoms with Gasteiger partial charge in [-0.1, -0.05) is 30.3 Å². The zero-order chi connectivity index (χ0) is 12.1. The van der Waals surface area contributed by atoms with Gasteiger partial charge < -0.3 is 14.6 Å². The number of ether oxygens (including phenoxy) is 2. The highest BCUT2D eigenvalue weighted by Crippen LogP contribution is 2.28. The summed E-state index contributed by atoms with van der Waals surface area (Å²) in [5, 5.41) is 10.3. The summed E-state index contributed by atoms with van der Waals surface area (Å²) < 4.78 is 10.7. The van der Waals surface area contributed by atoms with Crippen molar-refractivity contribution in [2.75, 3.05) is 13.7 Å². The molecule has 1 aromatic rings. The van der Waals surface area contributed by atoms with E-state index in [0.29, 0.717) is 0 Å². The van der Waals surface area contributed by atoms with E-state index in [4.69, 9.17) is 9.47 Å². The Morgan fingerprint density at radius 2 is 2.06 bits per heavy atom. The molecular weight excluding hydrogens is 216 g/mol. The second kappa shape index (κ2) is 5.84. The highest BCUT2D eigenvalue weighted by atomic mass is 16.5. The fourth-order valence-electron chi connectivity index (χ4n) is 2.09. The minimum Gasteiger partial charge on any atom is -0.501 e. The summed E-state index contributed by atoms with van der Waals surface area (Å²) in [5.41, 5.74) is 1.89. The van der Waals surface area contributed by atoms with Crippen molar-refractivity contribution in [1.29, 1.82) is 0 Å². The van der Waals surface area contributed by atoms with Crippen LogP contribution in [0.3, 0.4) is 0 Å². The Balaban J connectivity index is 2.15. The Morgan fingerprint density at radius 3 is 2.65 bits per heavy atom. The van der Waals surface area contributed by atoms with E-state index < -0.39 is 6.10 Å². The summed E-state index contributed by atoms with van der Waals surface area (Å²) in [7, 11) is 1.62. The number of methoxy groups -OCH3 is 1. The fourth-order valence-corrected chi connectivity index (χ4v) is 2.09. The monoisotopic (exact) mass is 234 g/mol. The molecular formula is C14H18O3. The van der Waals surface area contributed by atoms with E-state index in [2.05, 4.69) is 0 Å². The third kappa shape index (κ3) is 2.87. The Labute approximate surface area is 102 Å². The first-order chi connectivity index (χ1) is 8.33. The second-order valence-corrected chi connectivity index (χ2v) is 4.18. The quantitative estimate of drug-likeness (QED) is 0.869. The molecule has 1 aliphatic rings. The lowest BCUT2D eigenvalue weighted by Crippen LogP contribution is -2.24. The maximum absolute atomic E-state index is 10.3. The number of benzene rings is 1. The minimum atomic E-state index is -0.636. The lowest BCUT2D eigenvalue weighted by molar-refractivity contribution is -0.0000955. The third-order valence-electron chi connectivity index (χ3n) is 3.01. The van der Waals surface area contributed by atoms with Crippen molar-refractivity contribution in [2.24, 2.45) is 0 Å². The zero-order valence-corrected chi connectivity index (χ0v) is 10.0. The van der Waals surface area contributed by atoms with E-state index in [-0.39, 0.29) is 6.10 Å². The smallest absolute Gasteiger partial charge is 0.112 e. The highest BCUT2D eigenvalue weighted by Gasteiger charge is 2.25. The summed E-state index contributed by atoms with van der Waals surface area (Å²) in [6.45, 7) is 0.735. The van der Waals surface area contributed by atoms with E-state index in [1.165, 1.54) is 0 Å². The SMILES string of the molecule is COC(c1ccccc1)C(O)C1=COCCC1. The molecule has 0 aliphatic carbocycles. The van der Waals surface area contributed by atoms with Crippen molar-refractivity contribution in [3.05, 3.63) is 47.7 Å². The first-order valence-electron chi connectivity index (χ1n) is 5.89. The molecule has 0 saturated carbocycles. The third-order valence-corrected chi connectivity index (χ3v) is 3.01. The minimum absolute atomic E-state index is 0.329. The number of hydrogen-bond donors (Lipinski definition) is 1. The first kappa shape index (κ1) is 12.1. The first-order valence-corrected chi connectivity index (χ1v) is 5.89. The summed E-state index contributed by atoms with van der Waals surface area (Å²) in [4.78, 5) is 0. The van der Waals surface area contributed by atoms with E-state index in [1.807, 2.05) is 30.3 Å². The molecule has 2 rings (SSSR count). The van der Waals surface area contributed by atoms with E-state index in [9.17, 15) is 5.11 Å². The normalized spacial score (nSPS) is 19.1. The molecule has 0 bridgehead atoms. The average Bonchev–Trinajstić information content (AvgIpc) is 2.42. The molecule has 2 unspecified atom stereocenters. The summed E-state index contributed by atoms with van der Waals surface area (Å²) >= 11 is 0. The maximum atomic E-state index is 10.3.